The normalized spacial score (nSPS) is 17.3. The van der Waals surface area contributed by atoms with E-state index >= 15 is 0 Å². The van der Waals surface area contributed by atoms with Gasteiger partial charge in [-0.05, 0) is 44.4 Å². The Balaban J connectivity index is 1.94. The van der Waals surface area contributed by atoms with Gasteiger partial charge < -0.3 is 10.2 Å². The van der Waals surface area contributed by atoms with E-state index in [1.54, 1.807) is 0 Å². The second kappa shape index (κ2) is 6.23. The van der Waals surface area contributed by atoms with E-state index in [-0.39, 0.29) is 11.9 Å². The van der Waals surface area contributed by atoms with Crippen molar-refractivity contribution in [2.75, 3.05) is 18.4 Å². The largest absolute Gasteiger partial charge is 0.374 e. The van der Waals surface area contributed by atoms with Crippen molar-refractivity contribution in [2.24, 2.45) is 0 Å². The van der Waals surface area contributed by atoms with Crippen molar-refractivity contribution in [3.05, 3.63) is 28.7 Å². The highest BCUT2D eigenvalue weighted by Crippen LogP contribution is 2.17. The maximum Gasteiger partial charge on any atom is 0.244 e. The standard InChI is InChI=1S/C14H19BrN2O/c1-11(14(18)17-8-3-2-4-9-17)16-13-7-5-6-12(15)10-13/h5-7,10-11,16H,2-4,8-9H2,1H3. The first-order valence-corrected chi connectivity index (χ1v) is 7.27. The summed E-state index contributed by atoms with van der Waals surface area (Å²) < 4.78 is 1.02. The fourth-order valence-electron chi connectivity index (χ4n) is 2.28. The molecule has 1 aromatic carbocycles. The van der Waals surface area contributed by atoms with Gasteiger partial charge in [0.2, 0.25) is 5.91 Å². The summed E-state index contributed by atoms with van der Waals surface area (Å²) in [7, 11) is 0. The lowest BCUT2D eigenvalue weighted by molar-refractivity contribution is -0.132. The topological polar surface area (TPSA) is 32.3 Å². The van der Waals surface area contributed by atoms with Gasteiger partial charge in [0.1, 0.15) is 6.04 Å². The van der Waals surface area contributed by atoms with Crippen LogP contribution in [0.25, 0.3) is 0 Å². The van der Waals surface area contributed by atoms with Crippen molar-refractivity contribution in [1.29, 1.82) is 0 Å². The molecule has 1 atom stereocenters. The molecule has 1 fully saturated rings. The number of hydrogen-bond donors (Lipinski definition) is 1. The second-order valence-corrected chi connectivity index (χ2v) is 5.68. The maximum absolute atomic E-state index is 12.2. The quantitative estimate of drug-likeness (QED) is 0.929. The summed E-state index contributed by atoms with van der Waals surface area (Å²) in [5.74, 6) is 0.203. The minimum atomic E-state index is -0.169. The predicted molar refractivity (Wildman–Crippen MR) is 77.7 cm³/mol. The van der Waals surface area contributed by atoms with Gasteiger partial charge in [-0.3, -0.25) is 4.79 Å². The molecule has 0 radical (unpaired) electrons. The molecule has 0 spiro atoms. The molecule has 0 aliphatic carbocycles. The fraction of sp³-hybridized carbons (Fsp3) is 0.500. The third kappa shape index (κ3) is 3.48. The smallest absolute Gasteiger partial charge is 0.244 e. The van der Waals surface area contributed by atoms with Gasteiger partial charge in [-0.15, -0.1) is 0 Å². The summed E-state index contributed by atoms with van der Waals surface area (Å²) in [5.41, 5.74) is 0.974. The fourth-order valence-corrected chi connectivity index (χ4v) is 2.68. The maximum atomic E-state index is 12.2. The second-order valence-electron chi connectivity index (χ2n) is 4.76. The molecule has 3 nitrogen and oxygen atoms in total. The van der Waals surface area contributed by atoms with Crippen LogP contribution in [0.5, 0.6) is 0 Å². The highest BCUT2D eigenvalue weighted by atomic mass is 79.9. The van der Waals surface area contributed by atoms with Crippen LogP contribution in [0, 0.1) is 0 Å². The van der Waals surface area contributed by atoms with E-state index in [0.717, 1.165) is 36.1 Å². The summed E-state index contributed by atoms with van der Waals surface area (Å²) in [6.07, 6.45) is 3.52. The highest BCUT2D eigenvalue weighted by molar-refractivity contribution is 9.10. The first-order valence-electron chi connectivity index (χ1n) is 6.48. The molecule has 1 unspecified atom stereocenters. The molecular weight excluding hydrogens is 292 g/mol. The summed E-state index contributed by atoms with van der Waals surface area (Å²) in [6.45, 7) is 3.74. The molecule has 1 amide bonds. The number of anilines is 1. The summed E-state index contributed by atoms with van der Waals surface area (Å²) in [5, 5.41) is 3.26. The van der Waals surface area contributed by atoms with Crippen molar-refractivity contribution in [1.82, 2.24) is 4.90 Å². The summed E-state index contributed by atoms with van der Waals surface area (Å²) >= 11 is 3.43. The minimum Gasteiger partial charge on any atom is -0.374 e. The Bertz CT molecular complexity index is 416. The number of halogens is 1. The number of carbonyl (C=O) groups is 1. The number of carbonyl (C=O) groups excluding carboxylic acids is 1. The molecule has 2 rings (SSSR count). The van der Waals surface area contributed by atoms with Crippen LogP contribution < -0.4 is 5.32 Å². The van der Waals surface area contributed by atoms with E-state index in [2.05, 4.69) is 21.2 Å². The SMILES string of the molecule is CC(Nc1cccc(Br)c1)C(=O)N1CCCCC1. The van der Waals surface area contributed by atoms with Gasteiger partial charge in [-0.2, -0.15) is 0 Å². The zero-order chi connectivity index (χ0) is 13.0. The summed E-state index contributed by atoms with van der Waals surface area (Å²) in [6, 6.07) is 7.73. The van der Waals surface area contributed by atoms with Crippen LogP contribution in [-0.2, 0) is 4.79 Å². The number of likely N-dealkylation sites (tertiary alicyclic amines) is 1. The van der Waals surface area contributed by atoms with Crippen LogP contribution in [0.3, 0.4) is 0 Å². The zero-order valence-electron chi connectivity index (χ0n) is 10.7. The Labute approximate surface area is 117 Å². The highest BCUT2D eigenvalue weighted by Gasteiger charge is 2.21. The molecule has 1 saturated heterocycles. The van der Waals surface area contributed by atoms with Crippen LogP contribution in [0.15, 0.2) is 28.7 Å². The average Bonchev–Trinajstić information content (AvgIpc) is 2.39. The van der Waals surface area contributed by atoms with E-state index < -0.39 is 0 Å². The van der Waals surface area contributed by atoms with E-state index in [9.17, 15) is 4.79 Å². The molecule has 1 aliphatic heterocycles. The molecule has 1 heterocycles. The lowest BCUT2D eigenvalue weighted by Gasteiger charge is -2.29. The molecule has 1 aliphatic rings. The molecule has 1 N–H and O–H groups in total. The number of nitrogens with zero attached hydrogens (tertiary/aromatic N) is 1. The molecule has 0 aromatic heterocycles. The molecule has 98 valence electrons. The van der Waals surface area contributed by atoms with Crippen molar-refractivity contribution in [3.8, 4) is 0 Å². The van der Waals surface area contributed by atoms with E-state index in [4.69, 9.17) is 0 Å². The molecule has 1 aromatic rings. The Hall–Kier alpha value is -1.03. The Morgan fingerprint density at radius 3 is 2.72 bits per heavy atom. The molecule has 18 heavy (non-hydrogen) atoms. The average molecular weight is 311 g/mol. The lowest BCUT2D eigenvalue weighted by atomic mass is 10.1. The number of rotatable bonds is 3. The van der Waals surface area contributed by atoms with Crippen LogP contribution in [0.4, 0.5) is 5.69 Å². The Morgan fingerprint density at radius 2 is 2.06 bits per heavy atom. The van der Waals surface area contributed by atoms with Crippen molar-refractivity contribution in [2.45, 2.75) is 32.2 Å². The van der Waals surface area contributed by atoms with Crippen molar-refractivity contribution in [3.63, 3.8) is 0 Å². The van der Waals surface area contributed by atoms with Crippen molar-refractivity contribution >= 4 is 27.5 Å². The molecule has 4 heteroatoms. The zero-order valence-corrected chi connectivity index (χ0v) is 12.2. The summed E-state index contributed by atoms with van der Waals surface area (Å²) in [4.78, 5) is 14.2. The first kappa shape index (κ1) is 13.4. The van der Waals surface area contributed by atoms with Gasteiger partial charge in [0.05, 0.1) is 0 Å². The third-order valence-electron chi connectivity index (χ3n) is 3.25. The predicted octanol–water partition coefficient (Wildman–Crippen LogP) is 3.26. The van der Waals surface area contributed by atoms with Gasteiger partial charge in [0.25, 0.3) is 0 Å². The van der Waals surface area contributed by atoms with Crippen LogP contribution in [0.2, 0.25) is 0 Å². The van der Waals surface area contributed by atoms with Gasteiger partial charge >= 0.3 is 0 Å². The van der Waals surface area contributed by atoms with Crippen LogP contribution in [0.1, 0.15) is 26.2 Å². The molecule has 0 saturated carbocycles. The number of nitrogens with one attached hydrogen (secondary N) is 1. The molecular formula is C14H19BrN2O. The van der Waals surface area contributed by atoms with Gasteiger partial charge in [-0.1, -0.05) is 22.0 Å². The monoisotopic (exact) mass is 310 g/mol. The van der Waals surface area contributed by atoms with Gasteiger partial charge in [0, 0.05) is 23.2 Å². The number of amides is 1. The van der Waals surface area contributed by atoms with E-state index in [1.807, 2.05) is 36.1 Å². The number of piperidine rings is 1. The Morgan fingerprint density at radius 1 is 1.33 bits per heavy atom. The van der Waals surface area contributed by atoms with Gasteiger partial charge in [-0.25, -0.2) is 0 Å². The van der Waals surface area contributed by atoms with E-state index in [0.29, 0.717) is 0 Å². The lowest BCUT2D eigenvalue weighted by Crippen LogP contribution is -2.43. The Kier molecular flexibility index (Phi) is 4.64. The minimum absolute atomic E-state index is 0.169. The number of benzene rings is 1. The van der Waals surface area contributed by atoms with E-state index in [1.165, 1.54) is 6.42 Å². The first-order chi connectivity index (χ1) is 8.66. The third-order valence-corrected chi connectivity index (χ3v) is 3.74. The van der Waals surface area contributed by atoms with Crippen molar-refractivity contribution < 1.29 is 4.79 Å². The molecule has 0 bridgehead atoms. The van der Waals surface area contributed by atoms with Gasteiger partial charge in [0.15, 0.2) is 0 Å². The number of hydrogen-bond acceptors (Lipinski definition) is 2. The van der Waals surface area contributed by atoms with Crippen LogP contribution >= 0.6 is 15.9 Å². The van der Waals surface area contributed by atoms with Crippen LogP contribution in [-0.4, -0.2) is 29.9 Å².